The van der Waals surface area contributed by atoms with E-state index in [1.165, 1.54) is 0 Å². The van der Waals surface area contributed by atoms with E-state index in [4.69, 9.17) is 5.84 Å². The highest BCUT2D eigenvalue weighted by Gasteiger charge is 2.12. The summed E-state index contributed by atoms with van der Waals surface area (Å²) in [4.78, 5) is 8.51. The Morgan fingerprint density at radius 2 is 2.44 bits per heavy atom. The van der Waals surface area contributed by atoms with Gasteiger partial charge in [0.05, 0.1) is 16.7 Å². The van der Waals surface area contributed by atoms with Crippen molar-refractivity contribution in [1.82, 2.24) is 15.4 Å². The van der Waals surface area contributed by atoms with E-state index >= 15 is 0 Å². The monoisotopic (exact) mass is 234 g/mol. The lowest BCUT2D eigenvalue weighted by Gasteiger charge is -2.14. The molecule has 1 unspecified atom stereocenters. The molecule has 0 aliphatic carbocycles. The molecule has 2 rings (SSSR count). The Kier molecular flexibility index (Phi) is 3.61. The van der Waals surface area contributed by atoms with Gasteiger partial charge in [0.1, 0.15) is 0 Å². The van der Waals surface area contributed by atoms with Gasteiger partial charge in [-0.15, -0.1) is 11.3 Å². The minimum absolute atomic E-state index is 0.0650. The average molecular weight is 234 g/mol. The van der Waals surface area contributed by atoms with Crippen molar-refractivity contribution in [2.24, 2.45) is 5.84 Å². The molecule has 0 aliphatic heterocycles. The van der Waals surface area contributed by atoms with Gasteiger partial charge in [0, 0.05) is 24.2 Å². The van der Waals surface area contributed by atoms with Crippen LogP contribution in [0.5, 0.6) is 0 Å². The van der Waals surface area contributed by atoms with Crippen molar-refractivity contribution in [1.29, 1.82) is 0 Å². The van der Waals surface area contributed by atoms with Gasteiger partial charge in [0.25, 0.3) is 0 Å². The van der Waals surface area contributed by atoms with Crippen LogP contribution in [0.1, 0.15) is 22.3 Å². The molecule has 0 bridgehead atoms. The Bertz CT molecular complexity index is 440. The molecule has 1 atom stereocenters. The smallest absolute Gasteiger partial charge is 0.0897 e. The van der Waals surface area contributed by atoms with Crippen LogP contribution in [0.25, 0.3) is 0 Å². The number of hydrogen-bond acceptors (Lipinski definition) is 5. The van der Waals surface area contributed by atoms with Crippen LogP contribution in [0, 0.1) is 6.92 Å². The van der Waals surface area contributed by atoms with E-state index < -0.39 is 0 Å². The maximum absolute atomic E-state index is 5.56. The lowest BCUT2D eigenvalue weighted by Crippen LogP contribution is -2.29. The summed E-state index contributed by atoms with van der Waals surface area (Å²) in [6.07, 6.45) is 4.36. The minimum Gasteiger partial charge on any atom is -0.271 e. The van der Waals surface area contributed by atoms with Crippen LogP contribution in [0.4, 0.5) is 0 Å². The fourth-order valence-electron chi connectivity index (χ4n) is 1.57. The number of pyridine rings is 1. The average Bonchev–Trinajstić information content (AvgIpc) is 2.73. The molecular formula is C11H14N4S. The second-order valence-electron chi connectivity index (χ2n) is 3.57. The Labute approximate surface area is 98.5 Å². The van der Waals surface area contributed by atoms with Crippen LogP contribution in [0.15, 0.2) is 29.9 Å². The number of nitrogens with two attached hydrogens (primary N) is 1. The predicted molar refractivity (Wildman–Crippen MR) is 64.9 cm³/mol. The third-order valence-electron chi connectivity index (χ3n) is 2.37. The summed E-state index contributed by atoms with van der Waals surface area (Å²) >= 11 is 1.66. The molecule has 3 N–H and O–H groups in total. The van der Waals surface area contributed by atoms with E-state index in [1.807, 2.05) is 25.3 Å². The first-order valence-electron chi connectivity index (χ1n) is 5.06. The molecule has 0 spiro atoms. The van der Waals surface area contributed by atoms with Gasteiger partial charge in [-0.25, -0.2) is 4.98 Å². The van der Waals surface area contributed by atoms with E-state index in [-0.39, 0.29) is 6.04 Å². The van der Waals surface area contributed by atoms with Crippen LogP contribution in [0.3, 0.4) is 0 Å². The molecular weight excluding hydrogens is 220 g/mol. The molecule has 84 valence electrons. The number of aromatic nitrogens is 2. The van der Waals surface area contributed by atoms with E-state index in [2.05, 4.69) is 20.8 Å². The normalized spacial score (nSPS) is 12.6. The van der Waals surface area contributed by atoms with Crippen molar-refractivity contribution >= 4 is 11.3 Å². The molecule has 4 nitrogen and oxygen atoms in total. The molecule has 2 aromatic rings. The van der Waals surface area contributed by atoms with Gasteiger partial charge in [-0.3, -0.25) is 16.3 Å². The fourth-order valence-corrected chi connectivity index (χ4v) is 2.19. The summed E-state index contributed by atoms with van der Waals surface area (Å²) in [5.74, 6) is 5.56. The van der Waals surface area contributed by atoms with Crippen molar-refractivity contribution < 1.29 is 0 Å². The van der Waals surface area contributed by atoms with Crippen LogP contribution < -0.4 is 11.3 Å². The molecule has 0 fully saturated rings. The maximum Gasteiger partial charge on any atom is 0.0897 e. The first-order valence-corrected chi connectivity index (χ1v) is 5.94. The Morgan fingerprint density at radius 1 is 1.56 bits per heavy atom. The summed E-state index contributed by atoms with van der Waals surface area (Å²) in [7, 11) is 0. The van der Waals surface area contributed by atoms with E-state index in [9.17, 15) is 0 Å². The van der Waals surface area contributed by atoms with Crippen molar-refractivity contribution in [3.05, 3.63) is 46.2 Å². The summed E-state index contributed by atoms with van der Waals surface area (Å²) in [5, 5.41) is 3.15. The molecule has 0 aliphatic rings. The molecule has 0 saturated heterocycles. The molecule has 16 heavy (non-hydrogen) atoms. The van der Waals surface area contributed by atoms with Crippen LogP contribution in [0.2, 0.25) is 0 Å². The second-order valence-corrected chi connectivity index (χ2v) is 4.63. The quantitative estimate of drug-likeness (QED) is 0.623. The van der Waals surface area contributed by atoms with E-state index in [0.717, 1.165) is 22.7 Å². The Morgan fingerprint density at radius 3 is 3.00 bits per heavy atom. The third-order valence-corrected chi connectivity index (χ3v) is 3.19. The van der Waals surface area contributed by atoms with Crippen LogP contribution in [-0.4, -0.2) is 9.97 Å². The third kappa shape index (κ3) is 2.63. The predicted octanol–water partition coefficient (Wildman–Crippen LogP) is 1.59. The molecule has 5 heteroatoms. The lowest BCUT2D eigenvalue weighted by atomic mass is 10.1. The number of nitrogens with zero attached hydrogens (tertiary/aromatic N) is 2. The van der Waals surface area contributed by atoms with Crippen molar-refractivity contribution in [2.45, 2.75) is 19.4 Å². The van der Waals surface area contributed by atoms with Gasteiger partial charge in [-0.2, -0.15) is 0 Å². The lowest BCUT2D eigenvalue weighted by molar-refractivity contribution is 0.545. The standard InChI is InChI=1S/C11H14N4S/c1-8-14-10(7-16-8)5-11(15-12)9-3-2-4-13-6-9/h2-4,6-7,11,15H,5,12H2,1H3. The van der Waals surface area contributed by atoms with Crippen LogP contribution >= 0.6 is 11.3 Å². The minimum atomic E-state index is 0.0650. The second kappa shape index (κ2) is 5.16. The molecule has 2 aromatic heterocycles. The summed E-state index contributed by atoms with van der Waals surface area (Å²) in [5.41, 5.74) is 4.94. The highest BCUT2D eigenvalue weighted by atomic mass is 32.1. The zero-order valence-corrected chi connectivity index (χ0v) is 9.87. The van der Waals surface area contributed by atoms with Crippen molar-refractivity contribution in [2.75, 3.05) is 0 Å². The SMILES string of the molecule is Cc1nc(CC(NN)c2cccnc2)cs1. The number of hydrogen-bond donors (Lipinski definition) is 2. The highest BCUT2D eigenvalue weighted by Crippen LogP contribution is 2.18. The molecule has 0 amide bonds. The number of rotatable bonds is 4. The van der Waals surface area contributed by atoms with Gasteiger partial charge in [0.15, 0.2) is 0 Å². The number of nitrogens with one attached hydrogen (secondary N) is 1. The van der Waals surface area contributed by atoms with Gasteiger partial charge >= 0.3 is 0 Å². The van der Waals surface area contributed by atoms with Gasteiger partial charge in [0.2, 0.25) is 0 Å². The Balaban J connectivity index is 2.12. The maximum atomic E-state index is 5.56. The van der Waals surface area contributed by atoms with Crippen LogP contribution in [-0.2, 0) is 6.42 Å². The molecule has 0 radical (unpaired) electrons. The number of thiazole rings is 1. The van der Waals surface area contributed by atoms with Gasteiger partial charge in [-0.05, 0) is 18.6 Å². The molecule has 0 aromatic carbocycles. The molecule has 2 heterocycles. The summed E-state index contributed by atoms with van der Waals surface area (Å²) < 4.78 is 0. The van der Waals surface area contributed by atoms with Gasteiger partial charge in [-0.1, -0.05) is 6.07 Å². The Hall–Kier alpha value is -1.30. The van der Waals surface area contributed by atoms with E-state index in [0.29, 0.717) is 0 Å². The zero-order valence-electron chi connectivity index (χ0n) is 9.05. The number of aryl methyl sites for hydroxylation is 1. The zero-order chi connectivity index (χ0) is 11.4. The first-order chi connectivity index (χ1) is 7.79. The largest absolute Gasteiger partial charge is 0.271 e. The van der Waals surface area contributed by atoms with Gasteiger partial charge < -0.3 is 0 Å². The topological polar surface area (TPSA) is 63.8 Å². The fraction of sp³-hybridized carbons (Fsp3) is 0.273. The first kappa shape index (κ1) is 11.2. The van der Waals surface area contributed by atoms with E-state index in [1.54, 1.807) is 17.5 Å². The van der Waals surface area contributed by atoms with Crippen molar-refractivity contribution in [3.63, 3.8) is 0 Å². The highest BCUT2D eigenvalue weighted by molar-refractivity contribution is 7.09. The van der Waals surface area contributed by atoms with Crippen molar-refractivity contribution in [3.8, 4) is 0 Å². The summed E-state index contributed by atoms with van der Waals surface area (Å²) in [6.45, 7) is 2.00. The summed E-state index contributed by atoms with van der Waals surface area (Å²) in [6, 6.07) is 3.98. The number of hydrazine groups is 1. The molecule has 0 saturated carbocycles.